The molecule has 0 saturated carbocycles. The number of phenols is 1. The van der Waals surface area contributed by atoms with E-state index in [4.69, 9.17) is 14.2 Å². The zero-order valence-electron chi connectivity index (χ0n) is 21.5. The normalized spacial score (nSPS) is 20.0. The van der Waals surface area contributed by atoms with E-state index >= 15 is 0 Å². The zero-order chi connectivity index (χ0) is 26.5. The van der Waals surface area contributed by atoms with Crippen molar-refractivity contribution in [2.24, 2.45) is 5.92 Å². The number of amides is 1. The van der Waals surface area contributed by atoms with Crippen molar-refractivity contribution in [3.05, 3.63) is 59.2 Å². The van der Waals surface area contributed by atoms with E-state index in [1.165, 1.54) is 18.1 Å². The van der Waals surface area contributed by atoms with Crippen molar-refractivity contribution in [2.75, 3.05) is 53.1 Å². The van der Waals surface area contributed by atoms with Crippen LogP contribution in [0.3, 0.4) is 0 Å². The van der Waals surface area contributed by atoms with Crippen molar-refractivity contribution >= 4 is 17.4 Å². The standard InChI is InChI=1S/C28H34N2O7/c1-18(2)17-37-21-7-4-19(5-8-21)26(32)24-25(20-6-9-22(31)23(16-20)35-3)30(28(34)27(24)33)11-10-29-12-14-36-15-13-29/h4-9,16,18,25,31-32H,10-15,17H2,1-3H3/b26-24+. The summed E-state index contributed by atoms with van der Waals surface area (Å²) in [6, 6.07) is 10.6. The lowest BCUT2D eigenvalue weighted by Gasteiger charge is -2.31. The maximum Gasteiger partial charge on any atom is 0.295 e. The monoisotopic (exact) mass is 510 g/mol. The number of aliphatic hydroxyl groups excluding tert-OH is 1. The number of Topliss-reactive ketones (excluding diaryl/α,β-unsaturated/α-hetero) is 1. The predicted molar refractivity (Wildman–Crippen MR) is 138 cm³/mol. The van der Waals surface area contributed by atoms with Crippen LogP contribution in [-0.2, 0) is 14.3 Å². The van der Waals surface area contributed by atoms with Crippen LogP contribution < -0.4 is 9.47 Å². The summed E-state index contributed by atoms with van der Waals surface area (Å²) >= 11 is 0. The second-order valence-electron chi connectivity index (χ2n) is 9.61. The van der Waals surface area contributed by atoms with Crippen molar-refractivity contribution in [3.8, 4) is 17.2 Å². The third-order valence-corrected chi connectivity index (χ3v) is 6.53. The van der Waals surface area contributed by atoms with Crippen molar-refractivity contribution in [3.63, 3.8) is 0 Å². The Morgan fingerprint density at radius 1 is 1.08 bits per heavy atom. The highest BCUT2D eigenvalue weighted by Crippen LogP contribution is 2.41. The van der Waals surface area contributed by atoms with E-state index in [0.717, 1.165) is 13.1 Å². The highest BCUT2D eigenvalue weighted by Gasteiger charge is 2.46. The SMILES string of the molecule is COc1cc(C2/C(=C(\O)c3ccc(OCC(C)C)cc3)C(=O)C(=O)N2CCN2CCOCC2)ccc1O. The molecule has 2 N–H and O–H groups in total. The summed E-state index contributed by atoms with van der Waals surface area (Å²) in [5, 5.41) is 21.4. The molecule has 198 valence electrons. The van der Waals surface area contributed by atoms with Crippen LogP contribution in [0, 0.1) is 5.92 Å². The molecule has 2 aliphatic heterocycles. The number of carbonyl (C=O) groups excluding carboxylic acids is 2. The van der Waals surface area contributed by atoms with E-state index in [1.807, 2.05) is 0 Å². The number of phenolic OH excluding ortho intramolecular Hbond substituents is 1. The van der Waals surface area contributed by atoms with Crippen LogP contribution in [0.4, 0.5) is 0 Å². The average Bonchev–Trinajstić information content (AvgIpc) is 3.16. The van der Waals surface area contributed by atoms with Crippen LogP contribution in [0.25, 0.3) is 5.76 Å². The highest BCUT2D eigenvalue weighted by atomic mass is 16.5. The minimum atomic E-state index is -0.840. The van der Waals surface area contributed by atoms with Gasteiger partial charge in [-0.2, -0.15) is 0 Å². The van der Waals surface area contributed by atoms with Crippen LogP contribution >= 0.6 is 0 Å². The Balaban J connectivity index is 1.71. The van der Waals surface area contributed by atoms with Crippen LogP contribution in [0.5, 0.6) is 17.2 Å². The molecule has 2 fully saturated rings. The lowest BCUT2D eigenvalue weighted by molar-refractivity contribution is -0.140. The van der Waals surface area contributed by atoms with Gasteiger partial charge in [-0.3, -0.25) is 14.5 Å². The van der Waals surface area contributed by atoms with Crippen molar-refractivity contribution < 1.29 is 34.0 Å². The number of hydrogen-bond donors (Lipinski definition) is 2. The molecule has 37 heavy (non-hydrogen) atoms. The van der Waals surface area contributed by atoms with Gasteiger partial charge >= 0.3 is 0 Å². The summed E-state index contributed by atoms with van der Waals surface area (Å²) < 4.78 is 16.4. The van der Waals surface area contributed by atoms with Gasteiger partial charge in [0.05, 0.1) is 38.5 Å². The first-order valence-corrected chi connectivity index (χ1v) is 12.5. The Morgan fingerprint density at radius 2 is 1.78 bits per heavy atom. The lowest BCUT2D eigenvalue weighted by Crippen LogP contribution is -2.42. The van der Waals surface area contributed by atoms with Crippen LogP contribution in [0.15, 0.2) is 48.0 Å². The molecule has 0 aliphatic carbocycles. The number of aromatic hydroxyl groups is 1. The topological polar surface area (TPSA) is 109 Å². The van der Waals surface area contributed by atoms with Gasteiger partial charge in [0.1, 0.15) is 11.5 Å². The maximum atomic E-state index is 13.3. The third-order valence-electron chi connectivity index (χ3n) is 6.53. The molecule has 1 amide bonds. The third kappa shape index (κ3) is 5.89. The summed E-state index contributed by atoms with van der Waals surface area (Å²) in [5.41, 5.74) is 0.948. The van der Waals surface area contributed by atoms with Gasteiger partial charge in [0, 0.05) is 31.7 Å². The molecule has 0 spiro atoms. The number of ketones is 1. The molecular formula is C28H34N2O7. The number of morpholine rings is 1. The molecule has 0 aromatic heterocycles. The molecule has 0 radical (unpaired) electrons. The smallest absolute Gasteiger partial charge is 0.295 e. The first-order chi connectivity index (χ1) is 17.8. The number of methoxy groups -OCH3 is 1. The second-order valence-corrected chi connectivity index (χ2v) is 9.61. The molecule has 1 unspecified atom stereocenters. The number of carbonyl (C=O) groups is 2. The van der Waals surface area contributed by atoms with Gasteiger partial charge in [-0.25, -0.2) is 0 Å². The largest absolute Gasteiger partial charge is 0.507 e. The predicted octanol–water partition coefficient (Wildman–Crippen LogP) is 3.19. The van der Waals surface area contributed by atoms with E-state index in [2.05, 4.69) is 18.7 Å². The Hall–Kier alpha value is -3.56. The van der Waals surface area contributed by atoms with E-state index in [-0.39, 0.29) is 29.4 Å². The van der Waals surface area contributed by atoms with Crippen molar-refractivity contribution in [1.29, 1.82) is 0 Å². The minimum Gasteiger partial charge on any atom is -0.507 e. The lowest BCUT2D eigenvalue weighted by atomic mass is 9.95. The van der Waals surface area contributed by atoms with Gasteiger partial charge in [-0.15, -0.1) is 0 Å². The van der Waals surface area contributed by atoms with E-state index in [1.54, 1.807) is 36.4 Å². The number of rotatable bonds is 9. The molecule has 2 heterocycles. The van der Waals surface area contributed by atoms with Crippen LogP contribution in [0.1, 0.15) is 31.0 Å². The van der Waals surface area contributed by atoms with Gasteiger partial charge in [0.25, 0.3) is 11.7 Å². The molecule has 2 aromatic rings. The molecular weight excluding hydrogens is 476 g/mol. The fourth-order valence-electron chi connectivity index (χ4n) is 4.52. The molecule has 2 saturated heterocycles. The quantitative estimate of drug-likeness (QED) is 0.301. The number of benzene rings is 2. The van der Waals surface area contributed by atoms with Crippen LogP contribution in [0.2, 0.25) is 0 Å². The van der Waals surface area contributed by atoms with Crippen LogP contribution in [-0.4, -0.2) is 84.8 Å². The van der Waals surface area contributed by atoms with Gasteiger partial charge in [-0.1, -0.05) is 19.9 Å². The van der Waals surface area contributed by atoms with Crippen molar-refractivity contribution in [1.82, 2.24) is 9.80 Å². The van der Waals surface area contributed by atoms with Gasteiger partial charge in [0.2, 0.25) is 0 Å². The number of likely N-dealkylation sites (tertiary alicyclic amines) is 1. The van der Waals surface area contributed by atoms with Gasteiger partial charge in [0.15, 0.2) is 11.5 Å². The summed E-state index contributed by atoms with van der Waals surface area (Å²) in [5.74, 6) is -0.531. The van der Waals surface area contributed by atoms with E-state index in [9.17, 15) is 19.8 Å². The minimum absolute atomic E-state index is 0.00410. The number of nitrogens with zero attached hydrogens (tertiary/aromatic N) is 2. The Kier molecular flexibility index (Phi) is 8.35. The Morgan fingerprint density at radius 3 is 2.43 bits per heavy atom. The highest BCUT2D eigenvalue weighted by molar-refractivity contribution is 6.46. The molecule has 0 bridgehead atoms. The number of ether oxygens (including phenoxy) is 3. The summed E-state index contributed by atoms with van der Waals surface area (Å²) in [4.78, 5) is 30.2. The Bertz CT molecular complexity index is 1150. The summed E-state index contributed by atoms with van der Waals surface area (Å²) in [7, 11) is 1.43. The maximum absolute atomic E-state index is 13.3. The second kappa shape index (κ2) is 11.7. The van der Waals surface area contributed by atoms with E-state index < -0.39 is 17.7 Å². The summed E-state index contributed by atoms with van der Waals surface area (Å²) in [6.07, 6.45) is 0. The zero-order valence-corrected chi connectivity index (χ0v) is 21.5. The fourth-order valence-corrected chi connectivity index (χ4v) is 4.52. The van der Waals surface area contributed by atoms with Crippen molar-refractivity contribution in [2.45, 2.75) is 19.9 Å². The first kappa shape index (κ1) is 26.5. The fraction of sp³-hybridized carbons (Fsp3) is 0.429. The molecule has 2 aromatic carbocycles. The molecule has 9 nitrogen and oxygen atoms in total. The molecule has 1 atom stereocenters. The molecule has 4 rings (SSSR count). The molecule has 9 heteroatoms. The molecule has 2 aliphatic rings. The van der Waals surface area contributed by atoms with E-state index in [0.29, 0.717) is 49.2 Å². The first-order valence-electron chi connectivity index (χ1n) is 12.5. The Labute approximate surface area is 216 Å². The van der Waals surface area contributed by atoms with Gasteiger partial charge in [-0.05, 0) is 47.9 Å². The average molecular weight is 511 g/mol. The number of hydrogen-bond acceptors (Lipinski definition) is 8. The number of aliphatic hydroxyl groups is 1. The van der Waals surface area contributed by atoms with Gasteiger partial charge < -0.3 is 29.3 Å². The summed E-state index contributed by atoms with van der Waals surface area (Å²) in [6.45, 7) is 8.24.